The van der Waals surface area contributed by atoms with E-state index in [1.54, 1.807) is 7.11 Å². The number of fused-ring (bicyclic) bond motifs is 2. The van der Waals surface area contributed by atoms with Crippen LogP contribution in [0.2, 0.25) is 0 Å². The van der Waals surface area contributed by atoms with Crippen molar-refractivity contribution in [2.24, 2.45) is 17.3 Å². The molecule has 0 spiro atoms. The van der Waals surface area contributed by atoms with Crippen LogP contribution in [0.25, 0.3) is 0 Å². The number of likely N-dealkylation sites (tertiary alicyclic amines) is 1. The number of β-amino-alcohol motifs (C(OH)–C–C–N with tert-alkyl or cyclic N) is 1. The SMILES string of the molecule is COc1cccc(C[C@]2(C(=O)N3CC(O)C3)C[C@@H]3CC[C@@H]2C3)c1. The Kier molecular flexibility index (Phi) is 3.60. The molecule has 1 N–H and O–H groups in total. The summed E-state index contributed by atoms with van der Waals surface area (Å²) in [6.07, 6.45) is 5.15. The van der Waals surface area contributed by atoms with Crippen LogP contribution in [-0.2, 0) is 11.2 Å². The van der Waals surface area contributed by atoms with E-state index in [1.165, 1.54) is 24.8 Å². The lowest BCUT2D eigenvalue weighted by Crippen LogP contribution is -2.59. The molecule has 4 rings (SSSR count). The van der Waals surface area contributed by atoms with Crippen LogP contribution in [0.4, 0.5) is 0 Å². The highest BCUT2D eigenvalue weighted by molar-refractivity contribution is 5.85. The fourth-order valence-corrected chi connectivity index (χ4v) is 5.08. The molecular weight excluding hydrogens is 290 g/mol. The second kappa shape index (κ2) is 5.52. The number of amides is 1. The summed E-state index contributed by atoms with van der Waals surface area (Å²) in [6.45, 7) is 1.02. The monoisotopic (exact) mass is 315 g/mol. The molecule has 2 aliphatic carbocycles. The molecule has 2 saturated carbocycles. The first-order valence-corrected chi connectivity index (χ1v) is 8.71. The van der Waals surface area contributed by atoms with Gasteiger partial charge in [-0.3, -0.25) is 4.79 Å². The lowest BCUT2D eigenvalue weighted by molar-refractivity contribution is -0.156. The van der Waals surface area contributed by atoms with E-state index in [1.807, 2.05) is 17.0 Å². The van der Waals surface area contributed by atoms with Crippen molar-refractivity contribution in [3.05, 3.63) is 29.8 Å². The van der Waals surface area contributed by atoms with Gasteiger partial charge in [0.25, 0.3) is 0 Å². The van der Waals surface area contributed by atoms with Gasteiger partial charge >= 0.3 is 0 Å². The van der Waals surface area contributed by atoms with Crippen LogP contribution in [0.3, 0.4) is 0 Å². The number of carbonyl (C=O) groups is 1. The molecule has 2 bridgehead atoms. The third-order valence-electron chi connectivity index (χ3n) is 6.20. The van der Waals surface area contributed by atoms with Crippen molar-refractivity contribution < 1.29 is 14.6 Å². The Hall–Kier alpha value is -1.55. The molecule has 0 unspecified atom stereocenters. The Balaban J connectivity index is 1.62. The van der Waals surface area contributed by atoms with Gasteiger partial charge in [0.15, 0.2) is 0 Å². The van der Waals surface area contributed by atoms with Gasteiger partial charge in [0, 0.05) is 13.1 Å². The fraction of sp³-hybridized carbons (Fsp3) is 0.632. The number of methoxy groups -OCH3 is 1. The third kappa shape index (κ3) is 2.44. The van der Waals surface area contributed by atoms with E-state index in [0.717, 1.165) is 18.6 Å². The molecule has 4 heteroatoms. The minimum absolute atomic E-state index is 0.255. The topological polar surface area (TPSA) is 49.8 Å². The molecule has 3 aliphatic rings. The van der Waals surface area contributed by atoms with Gasteiger partial charge in [0.1, 0.15) is 5.75 Å². The van der Waals surface area contributed by atoms with Crippen LogP contribution >= 0.6 is 0 Å². The maximum absolute atomic E-state index is 13.2. The standard InChI is InChI=1S/C19H25NO3/c1-23-17-4-2-3-13(8-17)9-19(10-14-5-6-15(19)7-14)18(22)20-11-16(21)12-20/h2-4,8,14-16,21H,5-7,9-12H2,1H3/t14-,15-,19+/m1/s1. The summed E-state index contributed by atoms with van der Waals surface area (Å²) < 4.78 is 5.34. The molecule has 3 atom stereocenters. The van der Waals surface area contributed by atoms with Crippen molar-refractivity contribution in [1.29, 1.82) is 0 Å². The number of carbonyl (C=O) groups excluding carboxylic acids is 1. The second-order valence-corrected chi connectivity index (χ2v) is 7.63. The quantitative estimate of drug-likeness (QED) is 0.927. The van der Waals surface area contributed by atoms with Crippen LogP contribution in [0.5, 0.6) is 5.75 Å². The molecule has 1 aromatic rings. The van der Waals surface area contributed by atoms with E-state index in [-0.39, 0.29) is 17.4 Å². The average Bonchev–Trinajstić information content (AvgIpc) is 3.13. The zero-order chi connectivity index (χ0) is 16.0. The van der Waals surface area contributed by atoms with Crippen LogP contribution in [0, 0.1) is 17.3 Å². The molecule has 3 fully saturated rings. The Labute approximate surface area is 137 Å². The number of rotatable bonds is 4. The van der Waals surface area contributed by atoms with E-state index in [0.29, 0.717) is 24.9 Å². The van der Waals surface area contributed by atoms with Crippen LogP contribution in [0.15, 0.2) is 24.3 Å². The van der Waals surface area contributed by atoms with Crippen molar-refractivity contribution >= 4 is 5.91 Å². The van der Waals surface area contributed by atoms with Crippen molar-refractivity contribution in [2.75, 3.05) is 20.2 Å². The molecular formula is C19H25NO3. The lowest BCUT2D eigenvalue weighted by atomic mass is 9.68. The van der Waals surface area contributed by atoms with Gasteiger partial charge in [-0.1, -0.05) is 18.6 Å². The fourth-order valence-electron chi connectivity index (χ4n) is 5.08. The number of aliphatic hydroxyl groups excluding tert-OH is 1. The first kappa shape index (κ1) is 15.0. The van der Waals surface area contributed by atoms with E-state index in [2.05, 4.69) is 12.1 Å². The summed E-state index contributed by atoms with van der Waals surface area (Å²) >= 11 is 0. The van der Waals surface area contributed by atoms with Gasteiger partial charge in [0.2, 0.25) is 5.91 Å². The van der Waals surface area contributed by atoms with Gasteiger partial charge in [-0.2, -0.15) is 0 Å². The smallest absolute Gasteiger partial charge is 0.229 e. The summed E-state index contributed by atoms with van der Waals surface area (Å²) in [4.78, 5) is 15.1. The van der Waals surface area contributed by atoms with Gasteiger partial charge in [0.05, 0.1) is 18.6 Å². The van der Waals surface area contributed by atoms with Gasteiger partial charge < -0.3 is 14.7 Å². The lowest BCUT2D eigenvalue weighted by Gasteiger charge is -2.45. The molecule has 23 heavy (non-hydrogen) atoms. The maximum atomic E-state index is 13.2. The molecule has 1 saturated heterocycles. The Morgan fingerprint density at radius 3 is 2.83 bits per heavy atom. The van der Waals surface area contributed by atoms with Crippen LogP contribution < -0.4 is 4.74 Å². The van der Waals surface area contributed by atoms with E-state index in [4.69, 9.17) is 4.74 Å². The van der Waals surface area contributed by atoms with Crippen molar-refractivity contribution in [1.82, 2.24) is 4.90 Å². The summed E-state index contributed by atoms with van der Waals surface area (Å²) in [5.74, 6) is 2.34. The van der Waals surface area contributed by atoms with E-state index >= 15 is 0 Å². The molecule has 1 aliphatic heterocycles. The zero-order valence-electron chi connectivity index (χ0n) is 13.7. The van der Waals surface area contributed by atoms with E-state index in [9.17, 15) is 9.90 Å². The van der Waals surface area contributed by atoms with Gasteiger partial charge in [-0.05, 0) is 55.2 Å². The molecule has 1 aromatic carbocycles. The third-order valence-corrected chi connectivity index (χ3v) is 6.20. The Morgan fingerprint density at radius 1 is 1.39 bits per heavy atom. The number of hydrogen-bond donors (Lipinski definition) is 1. The Morgan fingerprint density at radius 2 is 2.22 bits per heavy atom. The van der Waals surface area contributed by atoms with Crippen molar-refractivity contribution in [3.8, 4) is 5.75 Å². The average molecular weight is 315 g/mol. The number of nitrogens with zero attached hydrogens (tertiary/aromatic N) is 1. The second-order valence-electron chi connectivity index (χ2n) is 7.63. The minimum Gasteiger partial charge on any atom is -0.497 e. The highest BCUT2D eigenvalue weighted by Gasteiger charge is 2.57. The summed E-state index contributed by atoms with van der Waals surface area (Å²) in [5, 5.41) is 9.57. The Bertz CT molecular complexity index is 610. The summed E-state index contributed by atoms with van der Waals surface area (Å²) in [6, 6.07) is 8.12. The first-order chi connectivity index (χ1) is 11.1. The van der Waals surface area contributed by atoms with Gasteiger partial charge in [-0.15, -0.1) is 0 Å². The molecule has 0 radical (unpaired) electrons. The predicted octanol–water partition coefficient (Wildman–Crippen LogP) is 2.25. The van der Waals surface area contributed by atoms with Crippen LogP contribution in [-0.4, -0.2) is 42.2 Å². The predicted molar refractivity (Wildman–Crippen MR) is 87.2 cm³/mol. The largest absolute Gasteiger partial charge is 0.497 e. The highest BCUT2D eigenvalue weighted by atomic mass is 16.5. The molecule has 124 valence electrons. The van der Waals surface area contributed by atoms with Crippen molar-refractivity contribution in [3.63, 3.8) is 0 Å². The zero-order valence-corrected chi connectivity index (χ0v) is 13.7. The molecule has 0 aromatic heterocycles. The summed E-state index contributed by atoms with van der Waals surface area (Å²) in [5.41, 5.74) is 0.932. The first-order valence-electron chi connectivity index (χ1n) is 8.71. The number of benzene rings is 1. The van der Waals surface area contributed by atoms with Crippen molar-refractivity contribution in [2.45, 2.75) is 38.2 Å². The number of hydrogen-bond acceptors (Lipinski definition) is 3. The number of ether oxygens (including phenoxy) is 1. The van der Waals surface area contributed by atoms with Gasteiger partial charge in [-0.25, -0.2) is 0 Å². The maximum Gasteiger partial charge on any atom is 0.229 e. The minimum atomic E-state index is -0.327. The van der Waals surface area contributed by atoms with E-state index < -0.39 is 0 Å². The molecule has 1 heterocycles. The normalized spacial score (nSPS) is 32.9. The number of aliphatic hydroxyl groups is 1. The molecule has 1 amide bonds. The highest BCUT2D eigenvalue weighted by Crippen LogP contribution is 2.58. The van der Waals surface area contributed by atoms with Crippen LogP contribution in [0.1, 0.15) is 31.2 Å². The summed E-state index contributed by atoms with van der Waals surface area (Å²) in [7, 11) is 1.68. The molecule has 4 nitrogen and oxygen atoms in total.